The van der Waals surface area contributed by atoms with Gasteiger partial charge in [0.25, 0.3) is 0 Å². The monoisotopic (exact) mass is 531 g/mol. The number of amides is 3. The van der Waals surface area contributed by atoms with Crippen LogP contribution in [0.5, 0.6) is 0 Å². The maximum atomic E-state index is 13.0. The van der Waals surface area contributed by atoms with Gasteiger partial charge in [-0.05, 0) is 25.2 Å². The van der Waals surface area contributed by atoms with Gasteiger partial charge in [-0.3, -0.25) is 29.0 Å². The van der Waals surface area contributed by atoms with Gasteiger partial charge in [0.2, 0.25) is 17.7 Å². The smallest absolute Gasteiger partial charge is 0.326 e. The van der Waals surface area contributed by atoms with E-state index >= 15 is 0 Å². The van der Waals surface area contributed by atoms with E-state index in [0.29, 0.717) is 6.42 Å². The Morgan fingerprint density at radius 1 is 0.838 bits per heavy atom. The van der Waals surface area contributed by atoms with Crippen molar-refractivity contribution in [1.29, 1.82) is 0 Å². The van der Waals surface area contributed by atoms with Crippen LogP contribution >= 0.6 is 0 Å². The van der Waals surface area contributed by atoms with Crippen molar-refractivity contribution in [3.05, 3.63) is 0 Å². The summed E-state index contributed by atoms with van der Waals surface area (Å²) < 4.78 is 0. The van der Waals surface area contributed by atoms with E-state index in [-0.39, 0.29) is 31.8 Å². The molecule has 0 bridgehead atoms. The molecule has 0 heterocycles. The van der Waals surface area contributed by atoms with E-state index in [0.717, 1.165) is 0 Å². The number of nitrogens with two attached hydrogens (primary N) is 3. The summed E-state index contributed by atoms with van der Waals surface area (Å²) in [6.45, 7) is 3.38. The highest BCUT2D eigenvalue weighted by atomic mass is 16.4. The van der Waals surface area contributed by atoms with Crippen LogP contribution in [0.1, 0.15) is 52.4 Å². The zero-order chi connectivity index (χ0) is 28.7. The Bertz CT molecular complexity index is 861. The van der Waals surface area contributed by atoms with Crippen LogP contribution in [0.2, 0.25) is 0 Å². The lowest BCUT2D eigenvalue weighted by molar-refractivity contribution is -0.145. The fourth-order valence-corrected chi connectivity index (χ4v) is 3.05. The molecule has 12 N–H and O–H groups in total. The predicted octanol–water partition coefficient (Wildman–Crippen LogP) is -2.71. The van der Waals surface area contributed by atoms with Crippen LogP contribution in [0.3, 0.4) is 0 Å². The number of carbonyl (C=O) groups is 6. The number of rotatable bonds is 18. The van der Waals surface area contributed by atoms with Gasteiger partial charge in [0.05, 0.1) is 12.5 Å². The minimum Gasteiger partial charge on any atom is -0.481 e. The largest absolute Gasteiger partial charge is 0.481 e. The first kappa shape index (κ1) is 33.0. The van der Waals surface area contributed by atoms with Gasteiger partial charge in [-0.1, -0.05) is 20.3 Å². The van der Waals surface area contributed by atoms with Crippen LogP contribution in [-0.4, -0.2) is 87.6 Å². The van der Waals surface area contributed by atoms with Crippen LogP contribution in [-0.2, 0) is 28.8 Å². The van der Waals surface area contributed by atoms with Crippen LogP contribution < -0.4 is 33.2 Å². The number of guanidine groups is 1. The molecule has 0 fully saturated rings. The van der Waals surface area contributed by atoms with Crippen molar-refractivity contribution in [3.8, 4) is 0 Å². The van der Waals surface area contributed by atoms with Crippen molar-refractivity contribution >= 4 is 41.6 Å². The number of carbonyl (C=O) groups excluding carboxylic acids is 3. The van der Waals surface area contributed by atoms with E-state index in [1.54, 1.807) is 13.8 Å². The van der Waals surface area contributed by atoms with E-state index in [4.69, 9.17) is 22.3 Å². The van der Waals surface area contributed by atoms with Crippen molar-refractivity contribution in [2.45, 2.75) is 76.5 Å². The maximum Gasteiger partial charge on any atom is 0.326 e. The van der Waals surface area contributed by atoms with Gasteiger partial charge < -0.3 is 48.5 Å². The lowest BCUT2D eigenvalue weighted by atomic mass is 9.98. The van der Waals surface area contributed by atoms with Crippen molar-refractivity contribution in [2.75, 3.05) is 6.54 Å². The topological polar surface area (TPSA) is 290 Å². The molecule has 0 spiro atoms. The average molecular weight is 532 g/mol. The van der Waals surface area contributed by atoms with Gasteiger partial charge in [-0.2, -0.15) is 0 Å². The molecule has 0 aliphatic carbocycles. The Hall–Kier alpha value is -3.95. The standard InChI is InChI=1S/C21H37N7O9/c1-3-10(2)16(20(36)37)28-19(35)13(9-15(31)32)27-18(34)12(5-4-8-25-21(23)24)26-17(33)11(22)6-7-14(29)30/h10-13,16H,3-9,22H2,1-2H3,(H,26,33)(H,27,34)(H,28,35)(H,29,30)(H,31,32)(H,36,37)(H4,23,24,25). The fourth-order valence-electron chi connectivity index (χ4n) is 3.05. The molecule has 210 valence electrons. The molecule has 16 heteroatoms. The first-order valence-corrected chi connectivity index (χ1v) is 11.6. The average Bonchev–Trinajstić information content (AvgIpc) is 2.80. The second-order valence-corrected chi connectivity index (χ2v) is 8.42. The molecule has 0 radical (unpaired) electrons. The number of aliphatic carboxylic acids is 3. The van der Waals surface area contributed by atoms with E-state index < -0.39 is 78.6 Å². The summed E-state index contributed by atoms with van der Waals surface area (Å²) in [6.07, 6.45) is -0.925. The van der Waals surface area contributed by atoms with Crippen molar-refractivity contribution in [1.82, 2.24) is 16.0 Å². The molecule has 0 aromatic carbocycles. The molecule has 5 unspecified atom stereocenters. The molecule has 0 aromatic rings. The lowest BCUT2D eigenvalue weighted by Gasteiger charge is -2.26. The molecule has 5 atom stereocenters. The Morgan fingerprint density at radius 3 is 1.89 bits per heavy atom. The van der Waals surface area contributed by atoms with E-state index in [1.165, 1.54) is 0 Å². The molecule has 3 amide bonds. The number of nitrogens with one attached hydrogen (secondary N) is 3. The van der Waals surface area contributed by atoms with Gasteiger partial charge in [0.15, 0.2) is 5.96 Å². The quantitative estimate of drug-likeness (QED) is 0.0495. The molecule has 37 heavy (non-hydrogen) atoms. The Morgan fingerprint density at radius 2 is 1.41 bits per heavy atom. The van der Waals surface area contributed by atoms with Crippen molar-refractivity contribution in [3.63, 3.8) is 0 Å². The number of carboxylic acid groups (broad SMARTS) is 3. The first-order valence-electron chi connectivity index (χ1n) is 11.6. The molecule has 16 nitrogen and oxygen atoms in total. The maximum absolute atomic E-state index is 13.0. The summed E-state index contributed by atoms with van der Waals surface area (Å²) in [4.78, 5) is 75.5. The number of hydrogen-bond donors (Lipinski definition) is 9. The zero-order valence-electron chi connectivity index (χ0n) is 20.8. The second kappa shape index (κ2) is 16.7. The highest BCUT2D eigenvalue weighted by Gasteiger charge is 2.33. The zero-order valence-corrected chi connectivity index (χ0v) is 20.8. The van der Waals surface area contributed by atoms with E-state index in [9.17, 15) is 39.0 Å². The van der Waals surface area contributed by atoms with Gasteiger partial charge in [-0.25, -0.2) is 4.79 Å². The van der Waals surface area contributed by atoms with Gasteiger partial charge >= 0.3 is 17.9 Å². The summed E-state index contributed by atoms with van der Waals surface area (Å²) >= 11 is 0. The van der Waals surface area contributed by atoms with Crippen LogP contribution in [0, 0.1) is 5.92 Å². The minimum absolute atomic E-state index is 0.0496. The first-order chi connectivity index (χ1) is 17.2. The molecular formula is C21H37N7O9. The molecule has 0 aliphatic rings. The lowest BCUT2D eigenvalue weighted by Crippen LogP contribution is -2.58. The number of nitrogens with zero attached hydrogens (tertiary/aromatic N) is 1. The van der Waals surface area contributed by atoms with E-state index in [1.807, 2.05) is 0 Å². The van der Waals surface area contributed by atoms with Crippen molar-refractivity contribution < 1.29 is 44.1 Å². The van der Waals surface area contributed by atoms with Gasteiger partial charge in [0, 0.05) is 13.0 Å². The van der Waals surface area contributed by atoms with Crippen LogP contribution in [0.4, 0.5) is 0 Å². The molecule has 0 aliphatic heterocycles. The summed E-state index contributed by atoms with van der Waals surface area (Å²) in [5.74, 6) is -7.46. The normalized spacial score (nSPS) is 14.7. The minimum atomic E-state index is -1.66. The van der Waals surface area contributed by atoms with Gasteiger partial charge in [-0.15, -0.1) is 0 Å². The third-order valence-corrected chi connectivity index (χ3v) is 5.37. The molecule has 0 saturated heterocycles. The number of carboxylic acids is 3. The number of hydrogen-bond acceptors (Lipinski definition) is 8. The van der Waals surface area contributed by atoms with E-state index in [2.05, 4.69) is 20.9 Å². The predicted molar refractivity (Wildman–Crippen MR) is 130 cm³/mol. The Balaban J connectivity index is 5.67. The Labute approximate surface area is 213 Å². The molecular weight excluding hydrogens is 494 g/mol. The summed E-state index contributed by atoms with van der Waals surface area (Å²) in [5.41, 5.74) is 16.2. The van der Waals surface area contributed by atoms with Crippen LogP contribution in [0.15, 0.2) is 4.99 Å². The van der Waals surface area contributed by atoms with Gasteiger partial charge in [0.1, 0.15) is 18.1 Å². The number of aliphatic imine (C=N–C) groups is 1. The summed E-state index contributed by atoms with van der Waals surface area (Å²) in [6, 6.07) is -5.55. The third-order valence-electron chi connectivity index (χ3n) is 5.37. The SMILES string of the molecule is CCC(C)C(NC(=O)C(CC(=O)O)NC(=O)C(CCCN=C(N)N)NC(=O)C(N)CCC(=O)O)C(=O)O. The summed E-state index contributed by atoms with van der Waals surface area (Å²) in [5, 5.41) is 34.2. The molecule has 0 aromatic heterocycles. The van der Waals surface area contributed by atoms with Crippen molar-refractivity contribution in [2.24, 2.45) is 28.1 Å². The highest BCUT2D eigenvalue weighted by molar-refractivity contribution is 5.95. The Kier molecular flexibility index (Phi) is 14.9. The highest BCUT2D eigenvalue weighted by Crippen LogP contribution is 2.09. The molecule has 0 rings (SSSR count). The third kappa shape index (κ3) is 13.6. The fraction of sp³-hybridized carbons (Fsp3) is 0.667. The molecule has 0 saturated carbocycles. The van der Waals surface area contributed by atoms with Crippen LogP contribution in [0.25, 0.3) is 0 Å². The summed E-state index contributed by atoms with van der Waals surface area (Å²) in [7, 11) is 0. The second-order valence-electron chi connectivity index (χ2n) is 8.42.